The minimum Gasteiger partial charge on any atom is -0.491 e. The maximum atomic E-state index is 5.89. The second kappa shape index (κ2) is 6.80. The van der Waals surface area contributed by atoms with Crippen LogP contribution in [0.25, 0.3) is 0 Å². The van der Waals surface area contributed by atoms with Gasteiger partial charge in [0, 0.05) is 6.04 Å². The molecule has 3 heteroatoms. The molecule has 1 atom stereocenters. The molecule has 1 aromatic carbocycles. The van der Waals surface area contributed by atoms with Crippen molar-refractivity contribution in [1.82, 2.24) is 4.90 Å². The van der Waals surface area contributed by atoms with Crippen molar-refractivity contribution >= 4 is 0 Å². The Kier molecular flexibility index (Phi) is 5.67. The first kappa shape index (κ1) is 15.8. The fourth-order valence-electron chi connectivity index (χ4n) is 1.82. The molecule has 0 aliphatic carbocycles. The van der Waals surface area contributed by atoms with E-state index >= 15 is 0 Å². The molecule has 0 aromatic heterocycles. The van der Waals surface area contributed by atoms with Crippen LogP contribution in [-0.2, 0) is 0 Å². The predicted octanol–water partition coefficient (Wildman–Crippen LogP) is 3.70. The summed E-state index contributed by atoms with van der Waals surface area (Å²) in [6.07, 6.45) is 0.254. The standard InChI is InChI=1S/C16H26NO2/c1-11(2)18-14-9-8-10-15(19-12(3)4)16(14)13(5)17(6)7/h8-13H,5H2,1-4,6-7H3. The Morgan fingerprint density at radius 3 is 1.68 bits per heavy atom. The van der Waals surface area contributed by atoms with Gasteiger partial charge in [0.05, 0.1) is 17.8 Å². The molecule has 1 rings (SSSR count). The van der Waals surface area contributed by atoms with E-state index < -0.39 is 0 Å². The first-order valence-corrected chi connectivity index (χ1v) is 6.78. The highest BCUT2D eigenvalue weighted by Gasteiger charge is 2.20. The van der Waals surface area contributed by atoms with E-state index in [0.717, 1.165) is 17.1 Å². The number of ether oxygens (including phenoxy) is 2. The molecule has 19 heavy (non-hydrogen) atoms. The van der Waals surface area contributed by atoms with Crippen LogP contribution < -0.4 is 9.47 Å². The second-order valence-electron chi connectivity index (χ2n) is 5.48. The van der Waals surface area contributed by atoms with E-state index in [2.05, 4.69) is 11.8 Å². The van der Waals surface area contributed by atoms with Gasteiger partial charge in [0.25, 0.3) is 0 Å². The lowest BCUT2D eigenvalue weighted by Crippen LogP contribution is -2.21. The van der Waals surface area contributed by atoms with Gasteiger partial charge in [-0.15, -0.1) is 0 Å². The first-order valence-electron chi connectivity index (χ1n) is 6.78. The first-order chi connectivity index (χ1) is 8.82. The smallest absolute Gasteiger partial charge is 0.128 e. The molecule has 0 N–H and O–H groups in total. The summed E-state index contributed by atoms with van der Waals surface area (Å²) in [6.45, 7) is 12.3. The van der Waals surface area contributed by atoms with Crippen molar-refractivity contribution in [1.29, 1.82) is 0 Å². The van der Waals surface area contributed by atoms with Gasteiger partial charge >= 0.3 is 0 Å². The highest BCUT2D eigenvalue weighted by molar-refractivity contribution is 5.47. The molecular weight excluding hydrogens is 238 g/mol. The summed E-state index contributed by atoms with van der Waals surface area (Å²) in [6, 6.07) is 5.90. The number of rotatable bonds is 6. The molecule has 0 bridgehead atoms. The van der Waals surface area contributed by atoms with Crippen molar-refractivity contribution in [3.8, 4) is 11.5 Å². The van der Waals surface area contributed by atoms with Gasteiger partial charge in [0.1, 0.15) is 11.5 Å². The van der Waals surface area contributed by atoms with E-state index in [9.17, 15) is 0 Å². The van der Waals surface area contributed by atoms with Gasteiger partial charge in [-0.25, -0.2) is 0 Å². The van der Waals surface area contributed by atoms with Gasteiger partial charge in [0.2, 0.25) is 0 Å². The fraction of sp³-hybridized carbons (Fsp3) is 0.562. The normalized spacial score (nSPS) is 13.2. The average molecular weight is 264 g/mol. The molecule has 0 saturated carbocycles. The molecule has 0 spiro atoms. The number of nitrogens with zero attached hydrogens (tertiary/aromatic N) is 1. The van der Waals surface area contributed by atoms with E-state index in [-0.39, 0.29) is 18.2 Å². The molecule has 1 radical (unpaired) electrons. The molecule has 3 nitrogen and oxygen atoms in total. The lowest BCUT2D eigenvalue weighted by atomic mass is 10.0. The van der Waals surface area contributed by atoms with Crippen LogP contribution in [0.3, 0.4) is 0 Å². The van der Waals surface area contributed by atoms with E-state index in [4.69, 9.17) is 9.47 Å². The van der Waals surface area contributed by atoms with E-state index in [0.29, 0.717) is 0 Å². The number of hydrogen-bond acceptors (Lipinski definition) is 3. The Hall–Kier alpha value is -1.22. The monoisotopic (exact) mass is 264 g/mol. The minimum absolute atomic E-state index is 0.0105. The molecule has 0 aliphatic heterocycles. The van der Waals surface area contributed by atoms with Crippen LogP contribution in [0.2, 0.25) is 0 Å². The molecule has 1 unspecified atom stereocenters. The maximum absolute atomic E-state index is 5.89. The summed E-state index contributed by atoms with van der Waals surface area (Å²) in [5.41, 5.74) is 1.01. The predicted molar refractivity (Wildman–Crippen MR) is 79.8 cm³/mol. The van der Waals surface area contributed by atoms with Crippen molar-refractivity contribution in [2.45, 2.75) is 45.9 Å². The third-order valence-electron chi connectivity index (χ3n) is 2.71. The topological polar surface area (TPSA) is 21.7 Å². The minimum atomic E-state index is -0.0105. The van der Waals surface area contributed by atoms with Crippen LogP contribution in [0.15, 0.2) is 18.2 Å². The zero-order valence-corrected chi connectivity index (χ0v) is 12.9. The summed E-state index contributed by atoms with van der Waals surface area (Å²) >= 11 is 0. The summed E-state index contributed by atoms with van der Waals surface area (Å²) in [5, 5.41) is 0. The van der Waals surface area contributed by atoms with Gasteiger partial charge in [-0.05, 0) is 60.8 Å². The maximum Gasteiger partial charge on any atom is 0.128 e. The quantitative estimate of drug-likeness (QED) is 0.782. The van der Waals surface area contributed by atoms with Gasteiger partial charge in [-0.2, -0.15) is 0 Å². The largest absolute Gasteiger partial charge is 0.491 e. The van der Waals surface area contributed by atoms with Gasteiger partial charge in [0.15, 0.2) is 0 Å². The van der Waals surface area contributed by atoms with Crippen LogP contribution >= 0.6 is 0 Å². The Morgan fingerprint density at radius 1 is 0.947 bits per heavy atom. The third-order valence-corrected chi connectivity index (χ3v) is 2.71. The van der Waals surface area contributed by atoms with Crippen molar-refractivity contribution in [3.05, 3.63) is 30.7 Å². The average Bonchev–Trinajstić information content (AvgIpc) is 2.26. The summed E-state index contributed by atoms with van der Waals surface area (Å²) in [4.78, 5) is 2.05. The lowest BCUT2D eigenvalue weighted by Gasteiger charge is -2.26. The SMILES string of the molecule is [CH2]C(c1c(OC(C)C)cccc1OC(C)C)N(C)C. The molecule has 1 aromatic rings. The number of benzene rings is 1. The summed E-state index contributed by atoms with van der Waals surface area (Å²) in [7, 11) is 4.01. The zero-order chi connectivity index (χ0) is 14.6. The molecule has 0 amide bonds. The molecule has 0 aliphatic rings. The van der Waals surface area contributed by atoms with Crippen LogP contribution in [0, 0.1) is 6.92 Å². The van der Waals surface area contributed by atoms with Crippen LogP contribution in [0.1, 0.15) is 39.3 Å². The van der Waals surface area contributed by atoms with Gasteiger partial charge < -0.3 is 14.4 Å². The molecular formula is C16H26NO2. The third kappa shape index (κ3) is 4.43. The number of hydrogen-bond donors (Lipinski definition) is 0. The summed E-state index contributed by atoms with van der Waals surface area (Å²) < 4.78 is 11.8. The lowest BCUT2D eigenvalue weighted by molar-refractivity contribution is 0.214. The summed E-state index contributed by atoms with van der Waals surface area (Å²) in [5.74, 6) is 1.70. The van der Waals surface area contributed by atoms with E-state index in [1.807, 2.05) is 60.0 Å². The van der Waals surface area contributed by atoms with Crippen molar-refractivity contribution < 1.29 is 9.47 Å². The Morgan fingerprint density at radius 2 is 1.37 bits per heavy atom. The van der Waals surface area contributed by atoms with Crippen LogP contribution in [-0.4, -0.2) is 31.2 Å². The van der Waals surface area contributed by atoms with Crippen molar-refractivity contribution in [3.63, 3.8) is 0 Å². The van der Waals surface area contributed by atoms with E-state index in [1.165, 1.54) is 0 Å². The van der Waals surface area contributed by atoms with Gasteiger partial charge in [-0.3, -0.25) is 0 Å². The van der Waals surface area contributed by atoms with Crippen LogP contribution in [0.4, 0.5) is 0 Å². The van der Waals surface area contributed by atoms with Crippen LogP contribution in [0.5, 0.6) is 11.5 Å². The Bertz CT molecular complexity index is 371. The van der Waals surface area contributed by atoms with Gasteiger partial charge in [-0.1, -0.05) is 6.07 Å². The molecule has 0 heterocycles. The highest BCUT2D eigenvalue weighted by Crippen LogP contribution is 2.36. The highest BCUT2D eigenvalue weighted by atomic mass is 16.5. The van der Waals surface area contributed by atoms with Crippen molar-refractivity contribution in [2.24, 2.45) is 0 Å². The Labute approximate surface area is 117 Å². The zero-order valence-electron chi connectivity index (χ0n) is 12.9. The molecule has 0 fully saturated rings. The molecule has 107 valence electrons. The second-order valence-corrected chi connectivity index (χ2v) is 5.48. The van der Waals surface area contributed by atoms with E-state index in [1.54, 1.807) is 0 Å². The van der Waals surface area contributed by atoms with Crippen molar-refractivity contribution in [2.75, 3.05) is 14.1 Å². The fourth-order valence-corrected chi connectivity index (χ4v) is 1.82. The Balaban J connectivity index is 3.23. The molecule has 0 saturated heterocycles.